The zero-order valence-corrected chi connectivity index (χ0v) is 19.1. The molecule has 0 saturated carbocycles. The summed E-state index contributed by atoms with van der Waals surface area (Å²) in [4.78, 5) is 28.8. The number of rotatable bonds is 6. The lowest BCUT2D eigenvalue weighted by Crippen LogP contribution is -2.61. The molecule has 0 bridgehead atoms. The van der Waals surface area contributed by atoms with Gasteiger partial charge >= 0.3 is 6.09 Å². The van der Waals surface area contributed by atoms with E-state index in [4.69, 9.17) is 0 Å². The molecule has 1 saturated heterocycles. The van der Waals surface area contributed by atoms with Crippen LogP contribution in [-0.2, 0) is 24.3 Å². The SMILES string of the molecule is O=C(O)NC1CC(N2Cc3cn[nH]c3C2)C(=O)N(CCc2ccccc2F)C1c1cc(F)ccc1F. The monoisotopic (exact) mass is 499 g/mol. The molecule has 3 aromatic rings. The number of carbonyl (C=O) groups excluding carboxylic acids is 1. The number of nitrogens with one attached hydrogen (secondary N) is 2. The van der Waals surface area contributed by atoms with Crippen LogP contribution in [-0.4, -0.2) is 55.7 Å². The lowest BCUT2D eigenvalue weighted by Gasteiger charge is -2.46. The number of halogens is 3. The van der Waals surface area contributed by atoms with Crippen molar-refractivity contribution in [2.24, 2.45) is 0 Å². The first-order valence-electron chi connectivity index (χ1n) is 11.5. The Morgan fingerprint density at radius 3 is 2.69 bits per heavy atom. The van der Waals surface area contributed by atoms with Gasteiger partial charge in [-0.05, 0) is 42.7 Å². The lowest BCUT2D eigenvalue weighted by molar-refractivity contribution is -0.146. The molecule has 11 heteroatoms. The van der Waals surface area contributed by atoms with Gasteiger partial charge in [0.05, 0.1) is 30.0 Å². The number of hydrogen-bond acceptors (Lipinski definition) is 4. The molecule has 8 nitrogen and oxygen atoms in total. The standard InChI is InChI=1S/C25H24F3N5O3/c26-16-5-6-19(28)17(9-16)23-20(30-25(35)36)10-22(32-12-15-11-29-31-21(15)13-32)24(34)33(23)8-7-14-3-1-2-4-18(14)27/h1-6,9,11,20,22-23,30H,7-8,10,12-13H2,(H,29,31)(H,35,36). The van der Waals surface area contributed by atoms with Gasteiger partial charge < -0.3 is 15.3 Å². The molecule has 1 fully saturated rings. The van der Waals surface area contributed by atoms with Crippen LogP contribution in [0.4, 0.5) is 18.0 Å². The molecule has 3 unspecified atom stereocenters. The molecule has 1 aromatic heterocycles. The fourth-order valence-corrected chi connectivity index (χ4v) is 5.24. The number of fused-ring (bicyclic) bond motifs is 1. The van der Waals surface area contributed by atoms with Crippen molar-refractivity contribution in [1.29, 1.82) is 0 Å². The summed E-state index contributed by atoms with van der Waals surface area (Å²) in [5.74, 6) is -2.28. The van der Waals surface area contributed by atoms with E-state index >= 15 is 0 Å². The number of benzene rings is 2. The summed E-state index contributed by atoms with van der Waals surface area (Å²) in [6.45, 7) is 0.823. The van der Waals surface area contributed by atoms with Gasteiger partial charge in [0.15, 0.2) is 0 Å². The van der Waals surface area contributed by atoms with E-state index in [1.54, 1.807) is 24.4 Å². The molecule has 0 aliphatic carbocycles. The van der Waals surface area contributed by atoms with E-state index in [2.05, 4.69) is 15.5 Å². The fourth-order valence-electron chi connectivity index (χ4n) is 5.24. The van der Waals surface area contributed by atoms with Crippen LogP contribution in [0.25, 0.3) is 0 Å². The van der Waals surface area contributed by atoms with E-state index in [1.165, 1.54) is 11.0 Å². The Labute approximate surface area is 204 Å². The van der Waals surface area contributed by atoms with Crippen molar-refractivity contribution in [2.45, 2.75) is 44.1 Å². The number of likely N-dealkylation sites (tertiary alicyclic amines) is 1. The molecule has 188 valence electrons. The van der Waals surface area contributed by atoms with Crippen molar-refractivity contribution in [3.05, 3.63) is 88.5 Å². The highest BCUT2D eigenvalue weighted by Crippen LogP contribution is 2.37. The summed E-state index contributed by atoms with van der Waals surface area (Å²) < 4.78 is 43.5. The van der Waals surface area contributed by atoms with E-state index in [0.29, 0.717) is 18.7 Å². The van der Waals surface area contributed by atoms with Gasteiger partial charge in [0.2, 0.25) is 5.91 Å². The minimum Gasteiger partial charge on any atom is -0.465 e. The molecule has 2 aliphatic heterocycles. The lowest BCUT2D eigenvalue weighted by atomic mass is 9.86. The minimum absolute atomic E-state index is 0.0185. The summed E-state index contributed by atoms with van der Waals surface area (Å²) in [7, 11) is 0. The number of carbonyl (C=O) groups is 2. The molecule has 5 rings (SSSR count). The highest BCUT2D eigenvalue weighted by Gasteiger charge is 2.47. The highest BCUT2D eigenvalue weighted by molar-refractivity contribution is 5.84. The zero-order chi connectivity index (χ0) is 25.4. The second kappa shape index (κ2) is 9.65. The Bertz CT molecular complexity index is 1280. The van der Waals surface area contributed by atoms with E-state index in [1.807, 2.05) is 4.90 Å². The number of aromatic amines is 1. The zero-order valence-electron chi connectivity index (χ0n) is 19.1. The number of piperidine rings is 1. The molecule has 2 amide bonds. The smallest absolute Gasteiger partial charge is 0.404 e. The molecule has 2 aliphatic rings. The van der Waals surface area contributed by atoms with Gasteiger partial charge in [0.25, 0.3) is 0 Å². The van der Waals surface area contributed by atoms with Crippen LogP contribution < -0.4 is 5.32 Å². The summed E-state index contributed by atoms with van der Waals surface area (Å²) in [5, 5.41) is 18.9. The van der Waals surface area contributed by atoms with Crippen molar-refractivity contribution >= 4 is 12.0 Å². The van der Waals surface area contributed by atoms with Crippen LogP contribution in [0.3, 0.4) is 0 Å². The van der Waals surface area contributed by atoms with Crippen LogP contribution >= 0.6 is 0 Å². The van der Waals surface area contributed by atoms with Gasteiger partial charge in [-0.1, -0.05) is 18.2 Å². The topological polar surface area (TPSA) is 102 Å². The van der Waals surface area contributed by atoms with Gasteiger partial charge in [-0.2, -0.15) is 5.10 Å². The molecule has 3 N–H and O–H groups in total. The Morgan fingerprint density at radius 2 is 1.94 bits per heavy atom. The summed E-state index contributed by atoms with van der Waals surface area (Å²) in [6, 6.07) is 6.23. The number of nitrogens with zero attached hydrogens (tertiary/aromatic N) is 3. The van der Waals surface area contributed by atoms with E-state index in [-0.39, 0.29) is 30.9 Å². The molecule has 3 atom stereocenters. The average molecular weight is 499 g/mol. The molecular weight excluding hydrogens is 475 g/mol. The molecule has 36 heavy (non-hydrogen) atoms. The Balaban J connectivity index is 1.52. The maximum Gasteiger partial charge on any atom is 0.404 e. The van der Waals surface area contributed by atoms with Crippen LogP contribution in [0.2, 0.25) is 0 Å². The van der Waals surface area contributed by atoms with Crippen molar-refractivity contribution in [1.82, 2.24) is 25.3 Å². The van der Waals surface area contributed by atoms with E-state index in [9.17, 15) is 27.9 Å². The predicted octanol–water partition coefficient (Wildman–Crippen LogP) is 3.36. The maximum atomic E-state index is 15.0. The van der Waals surface area contributed by atoms with Crippen molar-refractivity contribution < 1.29 is 27.9 Å². The van der Waals surface area contributed by atoms with Gasteiger partial charge in [0, 0.05) is 30.8 Å². The second-order valence-corrected chi connectivity index (χ2v) is 9.07. The number of carboxylic acid groups (broad SMARTS) is 1. The average Bonchev–Trinajstić information content (AvgIpc) is 3.44. The second-order valence-electron chi connectivity index (χ2n) is 9.07. The first-order valence-corrected chi connectivity index (χ1v) is 11.5. The molecular formula is C25H24F3N5O3. The third-order valence-corrected chi connectivity index (χ3v) is 6.91. The quantitative estimate of drug-likeness (QED) is 0.483. The van der Waals surface area contributed by atoms with Crippen molar-refractivity contribution in [2.75, 3.05) is 6.54 Å². The first kappa shape index (κ1) is 23.9. The molecule has 0 radical (unpaired) electrons. The molecule has 3 heterocycles. The largest absolute Gasteiger partial charge is 0.465 e. The molecule has 2 aromatic carbocycles. The number of hydrogen-bond donors (Lipinski definition) is 3. The van der Waals surface area contributed by atoms with Gasteiger partial charge in [-0.25, -0.2) is 18.0 Å². The Morgan fingerprint density at radius 1 is 1.14 bits per heavy atom. The van der Waals surface area contributed by atoms with Crippen molar-refractivity contribution in [3.8, 4) is 0 Å². The summed E-state index contributed by atoms with van der Waals surface area (Å²) >= 11 is 0. The van der Waals surface area contributed by atoms with Crippen LogP contribution in [0.15, 0.2) is 48.7 Å². The summed E-state index contributed by atoms with van der Waals surface area (Å²) in [6.07, 6.45) is 0.497. The third kappa shape index (κ3) is 4.53. The first-order chi connectivity index (χ1) is 17.3. The normalized spacial score (nSPS) is 22.0. The Kier molecular flexibility index (Phi) is 6.40. The highest BCUT2D eigenvalue weighted by atomic mass is 19.1. The number of amides is 2. The van der Waals surface area contributed by atoms with Crippen LogP contribution in [0.5, 0.6) is 0 Å². The number of H-pyrrole nitrogens is 1. The molecule has 0 spiro atoms. The number of aromatic nitrogens is 2. The predicted molar refractivity (Wildman–Crippen MR) is 122 cm³/mol. The summed E-state index contributed by atoms with van der Waals surface area (Å²) in [5.41, 5.74) is 2.02. The maximum absolute atomic E-state index is 15.0. The van der Waals surface area contributed by atoms with Crippen molar-refractivity contribution in [3.63, 3.8) is 0 Å². The Hall–Kier alpha value is -3.86. The van der Waals surface area contributed by atoms with Gasteiger partial charge in [0.1, 0.15) is 17.5 Å². The van der Waals surface area contributed by atoms with Gasteiger partial charge in [-0.15, -0.1) is 0 Å². The fraction of sp³-hybridized carbons (Fsp3) is 0.320. The van der Waals surface area contributed by atoms with E-state index in [0.717, 1.165) is 29.5 Å². The van der Waals surface area contributed by atoms with Crippen LogP contribution in [0.1, 0.15) is 34.8 Å². The third-order valence-electron chi connectivity index (χ3n) is 6.91. The minimum atomic E-state index is -1.35. The van der Waals surface area contributed by atoms with Gasteiger partial charge in [-0.3, -0.25) is 14.8 Å². The van der Waals surface area contributed by atoms with Crippen LogP contribution in [0, 0.1) is 17.5 Å². The van der Waals surface area contributed by atoms with E-state index < -0.39 is 41.7 Å².